The Morgan fingerprint density at radius 3 is 2.81 bits per heavy atom. The van der Waals surface area contributed by atoms with Crippen LogP contribution in [0.15, 0.2) is 24.5 Å². The third-order valence-electron chi connectivity index (χ3n) is 2.32. The largest absolute Gasteiger partial charge is 0.264 e. The van der Waals surface area contributed by atoms with Gasteiger partial charge in [-0.1, -0.05) is 6.07 Å². The van der Waals surface area contributed by atoms with Crippen LogP contribution in [0.4, 0.5) is 0 Å². The maximum absolute atomic E-state index is 11.1. The van der Waals surface area contributed by atoms with Gasteiger partial charge in [-0.15, -0.1) is 0 Å². The van der Waals surface area contributed by atoms with Gasteiger partial charge in [-0.2, -0.15) is 0 Å². The van der Waals surface area contributed by atoms with E-state index in [-0.39, 0.29) is 5.75 Å². The Labute approximate surface area is 97.2 Å². The average Bonchev–Trinajstić information content (AvgIpc) is 2.30. The van der Waals surface area contributed by atoms with Gasteiger partial charge in [0, 0.05) is 18.9 Å². The third kappa shape index (κ3) is 5.23. The molecule has 0 saturated carbocycles. The summed E-state index contributed by atoms with van der Waals surface area (Å²) in [6.07, 6.45) is 6.36. The molecule has 0 amide bonds. The molecule has 5 heteroatoms. The van der Waals surface area contributed by atoms with Crippen molar-refractivity contribution in [3.8, 4) is 0 Å². The Morgan fingerprint density at radius 2 is 2.19 bits per heavy atom. The van der Waals surface area contributed by atoms with E-state index in [0.29, 0.717) is 6.54 Å². The van der Waals surface area contributed by atoms with Gasteiger partial charge in [0.05, 0.1) is 5.75 Å². The maximum atomic E-state index is 11.1. The smallest absolute Gasteiger partial charge is 0.211 e. The molecule has 0 unspecified atom stereocenters. The molecule has 0 spiro atoms. The molecular weight excluding hydrogens is 224 g/mol. The number of nitrogens with one attached hydrogen (secondary N) is 1. The molecule has 1 rings (SSSR count). The lowest BCUT2D eigenvalue weighted by atomic mass is 10.1. The second-order valence-corrected chi connectivity index (χ2v) is 5.71. The number of aryl methyl sites for hydroxylation is 1. The van der Waals surface area contributed by atoms with Crippen molar-refractivity contribution in [1.82, 2.24) is 9.71 Å². The molecular formula is C11H18N2O2S. The van der Waals surface area contributed by atoms with E-state index >= 15 is 0 Å². The summed E-state index contributed by atoms with van der Waals surface area (Å²) in [6, 6.07) is 3.94. The Kier molecular flexibility index (Phi) is 5.42. The zero-order valence-electron chi connectivity index (χ0n) is 9.52. The van der Waals surface area contributed by atoms with E-state index in [4.69, 9.17) is 0 Å². The first-order valence-corrected chi connectivity index (χ1v) is 7.15. The van der Waals surface area contributed by atoms with Gasteiger partial charge in [0.2, 0.25) is 10.0 Å². The highest BCUT2D eigenvalue weighted by Gasteiger charge is 2.04. The lowest BCUT2D eigenvalue weighted by molar-refractivity contribution is 0.578. The number of hydrogen-bond acceptors (Lipinski definition) is 3. The van der Waals surface area contributed by atoms with Crippen molar-refractivity contribution in [1.29, 1.82) is 0 Å². The summed E-state index contributed by atoms with van der Waals surface area (Å²) in [5, 5.41) is 0. The Bertz CT molecular complexity index is 390. The van der Waals surface area contributed by atoms with Crippen molar-refractivity contribution < 1.29 is 8.42 Å². The molecule has 4 nitrogen and oxygen atoms in total. The highest BCUT2D eigenvalue weighted by molar-refractivity contribution is 7.89. The monoisotopic (exact) mass is 242 g/mol. The van der Waals surface area contributed by atoms with Gasteiger partial charge in [-0.05, 0) is 37.8 Å². The zero-order chi connectivity index (χ0) is 11.9. The molecule has 1 aromatic heterocycles. The van der Waals surface area contributed by atoms with Gasteiger partial charge >= 0.3 is 0 Å². The minimum absolute atomic E-state index is 0.148. The zero-order valence-corrected chi connectivity index (χ0v) is 10.3. The third-order valence-corrected chi connectivity index (χ3v) is 3.72. The molecule has 1 N–H and O–H groups in total. The summed E-state index contributed by atoms with van der Waals surface area (Å²) in [7, 11) is -3.03. The second-order valence-electron chi connectivity index (χ2n) is 3.62. The standard InChI is InChI=1S/C11H18N2O2S/c1-2-16(14,15)13-9-4-3-6-11-7-5-8-12-10-11/h5,7-8,10,13H,2-4,6,9H2,1H3. The van der Waals surface area contributed by atoms with E-state index in [9.17, 15) is 8.42 Å². The fourth-order valence-electron chi connectivity index (χ4n) is 1.33. The van der Waals surface area contributed by atoms with E-state index < -0.39 is 10.0 Å². The first-order valence-electron chi connectivity index (χ1n) is 5.50. The number of hydrogen-bond donors (Lipinski definition) is 1. The summed E-state index contributed by atoms with van der Waals surface area (Å²) in [5.41, 5.74) is 1.20. The van der Waals surface area contributed by atoms with E-state index in [1.165, 1.54) is 5.56 Å². The normalized spacial score (nSPS) is 11.6. The van der Waals surface area contributed by atoms with Crippen LogP contribution in [0.3, 0.4) is 0 Å². The highest BCUT2D eigenvalue weighted by atomic mass is 32.2. The van der Waals surface area contributed by atoms with Gasteiger partial charge in [0.25, 0.3) is 0 Å². The maximum Gasteiger partial charge on any atom is 0.211 e. The van der Waals surface area contributed by atoms with Crippen LogP contribution in [-0.2, 0) is 16.4 Å². The van der Waals surface area contributed by atoms with Crippen LogP contribution in [0.5, 0.6) is 0 Å². The molecule has 1 aromatic rings. The molecule has 1 heterocycles. The van der Waals surface area contributed by atoms with Crippen molar-refractivity contribution >= 4 is 10.0 Å². The molecule has 16 heavy (non-hydrogen) atoms. The first kappa shape index (κ1) is 13.1. The highest BCUT2D eigenvalue weighted by Crippen LogP contribution is 2.02. The van der Waals surface area contributed by atoms with Crippen molar-refractivity contribution in [3.05, 3.63) is 30.1 Å². The van der Waals surface area contributed by atoms with Gasteiger partial charge in [0.15, 0.2) is 0 Å². The van der Waals surface area contributed by atoms with Gasteiger partial charge in [0.1, 0.15) is 0 Å². The number of pyridine rings is 1. The number of rotatable bonds is 7. The predicted octanol–water partition coefficient (Wildman–Crippen LogP) is 1.34. The number of sulfonamides is 1. The molecule has 0 aliphatic heterocycles. The predicted molar refractivity (Wildman–Crippen MR) is 64.6 cm³/mol. The van der Waals surface area contributed by atoms with Crippen LogP contribution in [0.2, 0.25) is 0 Å². The molecule has 90 valence electrons. The van der Waals surface area contributed by atoms with Gasteiger partial charge in [-0.25, -0.2) is 13.1 Å². The van der Waals surface area contributed by atoms with Crippen molar-refractivity contribution in [2.45, 2.75) is 26.2 Å². The van der Waals surface area contributed by atoms with Crippen LogP contribution in [0.25, 0.3) is 0 Å². The minimum Gasteiger partial charge on any atom is -0.264 e. The van der Waals surface area contributed by atoms with Crippen LogP contribution < -0.4 is 4.72 Å². The van der Waals surface area contributed by atoms with Crippen molar-refractivity contribution in [3.63, 3.8) is 0 Å². The van der Waals surface area contributed by atoms with Crippen molar-refractivity contribution in [2.24, 2.45) is 0 Å². The molecule has 0 aliphatic rings. The number of aromatic nitrogens is 1. The van der Waals surface area contributed by atoms with Crippen molar-refractivity contribution in [2.75, 3.05) is 12.3 Å². The Morgan fingerprint density at radius 1 is 1.38 bits per heavy atom. The van der Waals surface area contributed by atoms with E-state index in [0.717, 1.165) is 19.3 Å². The summed E-state index contributed by atoms with van der Waals surface area (Å²) in [4.78, 5) is 4.02. The van der Waals surface area contributed by atoms with Crippen LogP contribution in [0, 0.1) is 0 Å². The van der Waals surface area contributed by atoms with E-state index in [1.54, 1.807) is 13.1 Å². The topological polar surface area (TPSA) is 59.1 Å². The van der Waals surface area contributed by atoms with E-state index in [1.807, 2.05) is 18.3 Å². The van der Waals surface area contributed by atoms with Crippen LogP contribution in [0.1, 0.15) is 25.3 Å². The molecule has 0 bridgehead atoms. The fourth-order valence-corrected chi connectivity index (χ4v) is 1.99. The SMILES string of the molecule is CCS(=O)(=O)NCCCCc1cccnc1. The lowest BCUT2D eigenvalue weighted by Crippen LogP contribution is -2.26. The quantitative estimate of drug-likeness (QED) is 0.734. The van der Waals surface area contributed by atoms with E-state index in [2.05, 4.69) is 9.71 Å². The molecule has 0 aliphatic carbocycles. The second kappa shape index (κ2) is 6.60. The summed E-state index contributed by atoms with van der Waals surface area (Å²) in [5.74, 6) is 0.148. The lowest BCUT2D eigenvalue weighted by Gasteiger charge is -2.04. The van der Waals surface area contributed by atoms with Gasteiger partial charge < -0.3 is 0 Å². The van der Waals surface area contributed by atoms with Gasteiger partial charge in [-0.3, -0.25) is 4.98 Å². The Balaban J connectivity index is 2.14. The molecule has 0 saturated heterocycles. The Hall–Kier alpha value is -0.940. The average molecular weight is 242 g/mol. The minimum atomic E-state index is -3.03. The number of nitrogens with zero attached hydrogens (tertiary/aromatic N) is 1. The molecule has 0 radical (unpaired) electrons. The molecule has 0 fully saturated rings. The summed E-state index contributed by atoms with van der Waals surface area (Å²) < 4.78 is 24.8. The first-order chi connectivity index (χ1) is 7.64. The van der Waals surface area contributed by atoms with Crippen LogP contribution >= 0.6 is 0 Å². The van der Waals surface area contributed by atoms with Crippen LogP contribution in [-0.4, -0.2) is 25.7 Å². The molecule has 0 atom stereocenters. The fraction of sp³-hybridized carbons (Fsp3) is 0.545. The summed E-state index contributed by atoms with van der Waals surface area (Å²) in [6.45, 7) is 2.16. The number of unbranched alkanes of at least 4 members (excludes halogenated alkanes) is 1. The molecule has 0 aromatic carbocycles. The summed E-state index contributed by atoms with van der Waals surface area (Å²) >= 11 is 0.